The number of allylic oxidation sites excluding steroid dienone is 2. The second kappa shape index (κ2) is 4.11. The molecule has 0 aromatic carbocycles. The molecule has 0 saturated carbocycles. The second-order valence-corrected chi connectivity index (χ2v) is 4.65. The van der Waals surface area contributed by atoms with Gasteiger partial charge in [0.15, 0.2) is 0 Å². The lowest BCUT2D eigenvalue weighted by Gasteiger charge is -2.46. The average Bonchev–Trinajstić information content (AvgIpc) is 2.02. The summed E-state index contributed by atoms with van der Waals surface area (Å²) >= 11 is 10.0. The third kappa shape index (κ3) is 2.06. The number of hydrogen-bond acceptors (Lipinski definition) is 3. The molecule has 14 heavy (non-hydrogen) atoms. The number of halogens is 1. The van der Waals surface area contributed by atoms with Crippen molar-refractivity contribution in [1.82, 2.24) is 4.31 Å². The first-order valence-corrected chi connectivity index (χ1v) is 5.10. The van der Waals surface area contributed by atoms with Crippen molar-refractivity contribution in [2.24, 2.45) is 5.73 Å². The van der Waals surface area contributed by atoms with Gasteiger partial charge < -0.3 is 5.73 Å². The summed E-state index contributed by atoms with van der Waals surface area (Å²) in [4.78, 5) is 0. The van der Waals surface area contributed by atoms with E-state index in [0.717, 1.165) is 11.1 Å². The summed E-state index contributed by atoms with van der Waals surface area (Å²) in [7, 11) is 0. The fraction of sp³-hybridized carbons (Fsp3) is 0.400. The Morgan fingerprint density at radius 3 is 2.43 bits per heavy atom. The first-order chi connectivity index (χ1) is 6.40. The van der Waals surface area contributed by atoms with Gasteiger partial charge in [0.25, 0.3) is 0 Å². The van der Waals surface area contributed by atoms with E-state index in [0.29, 0.717) is 18.1 Å². The maximum absolute atomic E-state index is 6.17. The normalized spacial score (nSPS) is 22.3. The van der Waals surface area contributed by atoms with E-state index < -0.39 is 0 Å². The van der Waals surface area contributed by atoms with Gasteiger partial charge in [-0.05, 0) is 18.1 Å². The van der Waals surface area contributed by atoms with Crippen molar-refractivity contribution in [2.75, 3.05) is 13.1 Å². The summed E-state index contributed by atoms with van der Waals surface area (Å²) in [6.45, 7) is 10.8. The van der Waals surface area contributed by atoms with Crippen LogP contribution >= 0.6 is 24.4 Å². The monoisotopic (exact) mass is 230 g/mol. The summed E-state index contributed by atoms with van der Waals surface area (Å²) in [5.74, 6) is 0. The molecular formula is C10H15ClN2S. The molecule has 1 saturated heterocycles. The highest BCUT2D eigenvalue weighted by atomic mass is 35.5. The number of rotatable bonds is 3. The van der Waals surface area contributed by atoms with Gasteiger partial charge in [-0.1, -0.05) is 43.6 Å². The molecule has 0 aromatic heterocycles. The van der Waals surface area contributed by atoms with Crippen LogP contribution in [0.2, 0.25) is 0 Å². The Kier molecular flexibility index (Phi) is 3.48. The molecule has 1 aliphatic rings. The van der Waals surface area contributed by atoms with Gasteiger partial charge in [0.05, 0.1) is 5.54 Å². The molecule has 0 bridgehead atoms. The van der Waals surface area contributed by atoms with Crippen LogP contribution in [0.5, 0.6) is 0 Å². The van der Waals surface area contributed by atoms with E-state index in [2.05, 4.69) is 26.0 Å². The molecule has 0 amide bonds. The predicted octanol–water partition coefficient (Wildman–Crippen LogP) is 2.10. The predicted molar refractivity (Wildman–Crippen MR) is 65.4 cm³/mol. The van der Waals surface area contributed by atoms with Gasteiger partial charge in [0, 0.05) is 18.1 Å². The van der Waals surface area contributed by atoms with E-state index in [1.807, 2.05) is 11.2 Å². The summed E-state index contributed by atoms with van der Waals surface area (Å²) < 4.78 is 1.85. The van der Waals surface area contributed by atoms with Crippen LogP contribution in [-0.2, 0) is 0 Å². The molecule has 0 aromatic rings. The molecule has 0 aliphatic carbocycles. The maximum Gasteiger partial charge on any atom is 0.0689 e. The quantitative estimate of drug-likeness (QED) is 0.575. The highest BCUT2D eigenvalue weighted by molar-refractivity contribution is 7.77. The minimum absolute atomic E-state index is 0.370. The van der Waals surface area contributed by atoms with Crippen molar-refractivity contribution < 1.29 is 0 Å². The van der Waals surface area contributed by atoms with E-state index in [9.17, 15) is 0 Å². The van der Waals surface area contributed by atoms with Crippen LogP contribution in [0.3, 0.4) is 0 Å². The lowest BCUT2D eigenvalue weighted by atomic mass is 9.82. The van der Waals surface area contributed by atoms with E-state index in [1.165, 1.54) is 0 Å². The molecule has 2 N–H and O–H groups in total. The molecular weight excluding hydrogens is 216 g/mol. The molecule has 1 fully saturated rings. The Bertz CT molecular complexity index is 303. The van der Waals surface area contributed by atoms with Crippen molar-refractivity contribution in [3.05, 3.63) is 35.4 Å². The SMILES string of the molecule is C=C/C(=C(/C)C(=C)Cl)C1(N)CN(S)C1. The maximum atomic E-state index is 6.17. The van der Waals surface area contributed by atoms with Crippen LogP contribution < -0.4 is 5.73 Å². The molecule has 78 valence electrons. The molecule has 2 nitrogen and oxygen atoms in total. The number of hydrogen-bond donors (Lipinski definition) is 2. The summed E-state index contributed by atoms with van der Waals surface area (Å²) in [5, 5.41) is 0.516. The van der Waals surface area contributed by atoms with Gasteiger partial charge in [-0.15, -0.1) is 0 Å². The van der Waals surface area contributed by atoms with Crippen LogP contribution in [0.1, 0.15) is 6.92 Å². The Morgan fingerprint density at radius 2 is 2.14 bits per heavy atom. The lowest BCUT2D eigenvalue weighted by molar-refractivity contribution is 0.215. The summed E-state index contributed by atoms with van der Waals surface area (Å²) in [5.41, 5.74) is 7.67. The molecule has 0 unspecified atom stereocenters. The minimum Gasteiger partial charge on any atom is -0.319 e. The molecule has 1 rings (SSSR count). The van der Waals surface area contributed by atoms with Crippen molar-refractivity contribution in [3.63, 3.8) is 0 Å². The van der Waals surface area contributed by atoms with Crippen molar-refractivity contribution in [1.29, 1.82) is 0 Å². The molecule has 0 radical (unpaired) electrons. The van der Waals surface area contributed by atoms with Gasteiger partial charge in [-0.25, -0.2) is 4.31 Å². The van der Waals surface area contributed by atoms with Crippen LogP contribution in [0.25, 0.3) is 0 Å². The van der Waals surface area contributed by atoms with E-state index in [1.54, 1.807) is 6.08 Å². The van der Waals surface area contributed by atoms with Crippen LogP contribution in [0.4, 0.5) is 0 Å². The second-order valence-electron chi connectivity index (χ2n) is 3.63. The third-order valence-electron chi connectivity index (χ3n) is 2.48. The van der Waals surface area contributed by atoms with Crippen molar-refractivity contribution in [3.8, 4) is 0 Å². The zero-order chi connectivity index (χ0) is 10.9. The van der Waals surface area contributed by atoms with Gasteiger partial charge in [-0.2, -0.15) is 0 Å². The standard InChI is InChI=1S/C10H15ClN2S/c1-4-9(7(2)8(3)11)10(12)5-13(14)6-10/h4,14H,1,3,5-6,12H2,2H3/b9-7+. The van der Waals surface area contributed by atoms with Crippen molar-refractivity contribution in [2.45, 2.75) is 12.5 Å². The molecule has 1 aliphatic heterocycles. The van der Waals surface area contributed by atoms with Crippen LogP contribution in [0, 0.1) is 0 Å². The number of nitrogens with two attached hydrogens (primary N) is 1. The van der Waals surface area contributed by atoms with Crippen LogP contribution in [-0.4, -0.2) is 22.9 Å². The van der Waals surface area contributed by atoms with E-state index in [4.69, 9.17) is 17.3 Å². The topological polar surface area (TPSA) is 29.3 Å². The Morgan fingerprint density at radius 1 is 1.64 bits per heavy atom. The average molecular weight is 231 g/mol. The van der Waals surface area contributed by atoms with Crippen molar-refractivity contribution >= 4 is 24.4 Å². The summed E-state index contributed by atoms with van der Waals surface area (Å²) in [6, 6.07) is 0. The fourth-order valence-corrected chi connectivity index (χ4v) is 2.26. The molecule has 1 heterocycles. The molecule has 4 heteroatoms. The molecule has 0 spiro atoms. The number of nitrogens with zero attached hydrogens (tertiary/aromatic N) is 1. The fourth-order valence-electron chi connectivity index (χ4n) is 1.65. The Balaban J connectivity index is 2.98. The van der Waals surface area contributed by atoms with Gasteiger partial charge >= 0.3 is 0 Å². The third-order valence-corrected chi connectivity index (χ3v) is 3.05. The highest BCUT2D eigenvalue weighted by Crippen LogP contribution is 2.32. The summed E-state index contributed by atoms with van der Waals surface area (Å²) in [6.07, 6.45) is 1.75. The lowest BCUT2D eigenvalue weighted by Crippen LogP contribution is -2.65. The van der Waals surface area contributed by atoms with Gasteiger partial charge in [-0.3, -0.25) is 0 Å². The zero-order valence-corrected chi connectivity index (χ0v) is 9.91. The first-order valence-electron chi connectivity index (χ1n) is 4.32. The zero-order valence-electron chi connectivity index (χ0n) is 8.26. The highest BCUT2D eigenvalue weighted by Gasteiger charge is 2.41. The van der Waals surface area contributed by atoms with Gasteiger partial charge in [0.1, 0.15) is 0 Å². The van der Waals surface area contributed by atoms with Crippen LogP contribution in [0.15, 0.2) is 35.4 Å². The van der Waals surface area contributed by atoms with Gasteiger partial charge in [0.2, 0.25) is 0 Å². The molecule has 0 atom stereocenters. The number of thiol groups is 1. The largest absolute Gasteiger partial charge is 0.319 e. The van der Waals surface area contributed by atoms with E-state index in [-0.39, 0.29) is 5.54 Å². The smallest absolute Gasteiger partial charge is 0.0689 e. The minimum atomic E-state index is -0.370. The Hall–Kier alpha value is -0.220. The van der Waals surface area contributed by atoms with E-state index >= 15 is 0 Å². The Labute approximate surface area is 95.6 Å². The first kappa shape index (κ1) is 11.9.